The molecule has 0 aliphatic rings. The summed E-state index contributed by atoms with van der Waals surface area (Å²) in [6, 6.07) is 22.0. The Bertz CT molecular complexity index is 925. The normalized spacial score (nSPS) is 12.4. The molecule has 0 heterocycles. The second-order valence-electron chi connectivity index (χ2n) is 7.28. The average Bonchev–Trinajstić information content (AvgIpc) is 2.73. The van der Waals surface area contributed by atoms with E-state index in [4.69, 9.17) is 0 Å². The molecule has 0 aliphatic carbocycles. The van der Waals surface area contributed by atoms with Gasteiger partial charge in [0.1, 0.15) is 0 Å². The fourth-order valence-corrected chi connectivity index (χ4v) is 3.40. The summed E-state index contributed by atoms with van der Waals surface area (Å²) in [6.07, 6.45) is 5.76. The number of hydrogen-bond donors (Lipinski definition) is 0. The van der Waals surface area contributed by atoms with Gasteiger partial charge >= 0.3 is 0 Å². The van der Waals surface area contributed by atoms with E-state index in [1.807, 2.05) is 31.2 Å². The first-order valence-electron chi connectivity index (χ1n) is 9.87. The third kappa shape index (κ3) is 4.95. The van der Waals surface area contributed by atoms with Crippen LogP contribution in [0.5, 0.6) is 0 Å². The molecule has 28 heavy (non-hydrogen) atoms. The largest absolute Gasteiger partial charge is 0.203 e. The molecule has 0 spiro atoms. The zero-order chi connectivity index (χ0) is 19.9. The summed E-state index contributed by atoms with van der Waals surface area (Å²) in [5.41, 5.74) is 4.27. The van der Waals surface area contributed by atoms with Crippen molar-refractivity contribution in [3.8, 4) is 0 Å². The van der Waals surface area contributed by atoms with Crippen LogP contribution < -0.4 is 0 Å². The van der Waals surface area contributed by atoms with Gasteiger partial charge < -0.3 is 0 Å². The van der Waals surface area contributed by atoms with E-state index in [0.717, 1.165) is 18.4 Å². The predicted octanol–water partition coefficient (Wildman–Crippen LogP) is 7.43. The number of rotatable bonds is 7. The quantitative estimate of drug-likeness (QED) is 0.376. The summed E-state index contributed by atoms with van der Waals surface area (Å²) in [5.74, 6) is -1.05. The Morgan fingerprint density at radius 2 is 1.54 bits per heavy atom. The molecule has 1 atom stereocenters. The number of halogens is 2. The van der Waals surface area contributed by atoms with Gasteiger partial charge in [-0.05, 0) is 41.0 Å². The number of benzene rings is 3. The Balaban J connectivity index is 1.68. The lowest BCUT2D eigenvalue weighted by Gasteiger charge is -2.12. The fourth-order valence-electron chi connectivity index (χ4n) is 3.40. The molecule has 2 heteroatoms. The highest BCUT2D eigenvalue weighted by Gasteiger charge is 2.11. The molecular formula is C26H26F2. The molecule has 0 saturated carbocycles. The van der Waals surface area contributed by atoms with Gasteiger partial charge in [-0.2, -0.15) is 0 Å². The van der Waals surface area contributed by atoms with Crippen LogP contribution in [0.1, 0.15) is 54.0 Å². The van der Waals surface area contributed by atoms with Crippen molar-refractivity contribution in [3.05, 3.63) is 106 Å². The maximum atomic E-state index is 14.2. The lowest BCUT2D eigenvalue weighted by molar-refractivity contribution is 0.496. The van der Waals surface area contributed by atoms with Gasteiger partial charge in [0.25, 0.3) is 0 Å². The minimum Gasteiger partial charge on any atom is -0.203 e. The van der Waals surface area contributed by atoms with Crippen molar-refractivity contribution in [1.82, 2.24) is 0 Å². The third-order valence-electron chi connectivity index (χ3n) is 5.06. The summed E-state index contributed by atoms with van der Waals surface area (Å²) in [4.78, 5) is 0. The molecule has 0 N–H and O–H groups in total. The summed E-state index contributed by atoms with van der Waals surface area (Å²) in [6.45, 7) is 4.18. The first-order valence-corrected chi connectivity index (χ1v) is 9.87. The number of aryl methyl sites for hydroxylation is 1. The van der Waals surface area contributed by atoms with Gasteiger partial charge in [-0.3, -0.25) is 0 Å². The molecule has 0 saturated heterocycles. The molecule has 0 aliphatic heterocycles. The van der Waals surface area contributed by atoms with Crippen molar-refractivity contribution in [2.45, 2.75) is 39.0 Å². The SMILES string of the molecule is CCCc1ccc(/C=C/c2ccc(CC(C)c3ccccc3)cc2)c(F)c1F. The van der Waals surface area contributed by atoms with Crippen molar-refractivity contribution in [3.63, 3.8) is 0 Å². The molecule has 1 unspecified atom stereocenters. The van der Waals surface area contributed by atoms with E-state index in [0.29, 0.717) is 17.9 Å². The molecule has 3 rings (SSSR count). The van der Waals surface area contributed by atoms with Crippen LogP contribution >= 0.6 is 0 Å². The zero-order valence-corrected chi connectivity index (χ0v) is 16.5. The minimum atomic E-state index is -0.768. The van der Waals surface area contributed by atoms with Gasteiger partial charge in [0, 0.05) is 5.56 Å². The summed E-state index contributed by atoms with van der Waals surface area (Å²) in [7, 11) is 0. The third-order valence-corrected chi connectivity index (χ3v) is 5.06. The van der Waals surface area contributed by atoms with E-state index in [-0.39, 0.29) is 5.56 Å². The Morgan fingerprint density at radius 1 is 0.821 bits per heavy atom. The van der Waals surface area contributed by atoms with Crippen molar-refractivity contribution in [2.75, 3.05) is 0 Å². The molecule has 0 amide bonds. The lowest BCUT2D eigenvalue weighted by atomic mass is 9.93. The van der Waals surface area contributed by atoms with E-state index in [1.54, 1.807) is 18.2 Å². The van der Waals surface area contributed by atoms with E-state index < -0.39 is 11.6 Å². The molecule has 0 nitrogen and oxygen atoms in total. The van der Waals surface area contributed by atoms with Crippen molar-refractivity contribution in [1.29, 1.82) is 0 Å². The molecule has 0 radical (unpaired) electrons. The van der Waals surface area contributed by atoms with Crippen molar-refractivity contribution >= 4 is 12.2 Å². The lowest BCUT2D eigenvalue weighted by Crippen LogP contribution is -1.98. The Labute approximate surface area is 166 Å². The maximum absolute atomic E-state index is 14.2. The molecule has 0 aromatic heterocycles. The van der Waals surface area contributed by atoms with E-state index in [2.05, 4.69) is 43.3 Å². The Kier molecular flexibility index (Phi) is 6.76. The van der Waals surface area contributed by atoms with E-state index >= 15 is 0 Å². The molecule has 3 aromatic carbocycles. The van der Waals surface area contributed by atoms with Crippen LogP contribution in [0.4, 0.5) is 8.78 Å². The van der Waals surface area contributed by atoms with Crippen LogP contribution in [-0.2, 0) is 12.8 Å². The van der Waals surface area contributed by atoms with Crippen LogP contribution in [-0.4, -0.2) is 0 Å². The monoisotopic (exact) mass is 376 g/mol. The first kappa shape index (κ1) is 20.0. The van der Waals surface area contributed by atoms with Gasteiger partial charge in [0.05, 0.1) is 0 Å². The molecule has 0 fully saturated rings. The van der Waals surface area contributed by atoms with E-state index in [9.17, 15) is 8.78 Å². The molecule has 0 bridgehead atoms. The standard InChI is InChI=1S/C26H26F2/c1-3-7-23-16-17-24(26(28)25(23)27)15-14-20-10-12-21(13-11-20)18-19(2)22-8-5-4-6-9-22/h4-6,8-17,19H,3,7,18H2,1-2H3/b15-14+. The smallest absolute Gasteiger partial charge is 0.166 e. The summed E-state index contributed by atoms with van der Waals surface area (Å²) >= 11 is 0. The van der Waals surface area contributed by atoms with Gasteiger partial charge in [-0.1, -0.05) is 99.2 Å². The van der Waals surface area contributed by atoms with Gasteiger partial charge in [-0.15, -0.1) is 0 Å². The molecule has 144 valence electrons. The van der Waals surface area contributed by atoms with Crippen molar-refractivity contribution in [2.24, 2.45) is 0 Å². The maximum Gasteiger partial charge on any atom is 0.166 e. The Morgan fingerprint density at radius 3 is 2.21 bits per heavy atom. The van der Waals surface area contributed by atoms with Crippen molar-refractivity contribution < 1.29 is 8.78 Å². The van der Waals surface area contributed by atoms with Crippen LogP contribution in [0.15, 0.2) is 66.7 Å². The van der Waals surface area contributed by atoms with Crippen LogP contribution in [0.25, 0.3) is 12.2 Å². The zero-order valence-electron chi connectivity index (χ0n) is 16.5. The highest BCUT2D eigenvalue weighted by molar-refractivity contribution is 5.70. The fraction of sp³-hybridized carbons (Fsp3) is 0.231. The topological polar surface area (TPSA) is 0 Å². The predicted molar refractivity (Wildman–Crippen MR) is 114 cm³/mol. The van der Waals surface area contributed by atoms with Gasteiger partial charge in [0.2, 0.25) is 0 Å². The first-order chi connectivity index (χ1) is 13.6. The highest BCUT2D eigenvalue weighted by Crippen LogP contribution is 2.22. The second kappa shape index (κ2) is 9.45. The summed E-state index contributed by atoms with van der Waals surface area (Å²) < 4.78 is 28.3. The van der Waals surface area contributed by atoms with Gasteiger partial charge in [0.15, 0.2) is 11.6 Å². The second-order valence-corrected chi connectivity index (χ2v) is 7.28. The number of hydrogen-bond acceptors (Lipinski definition) is 0. The average molecular weight is 376 g/mol. The van der Waals surface area contributed by atoms with Crippen LogP contribution in [0.2, 0.25) is 0 Å². The minimum absolute atomic E-state index is 0.277. The van der Waals surface area contributed by atoms with Gasteiger partial charge in [-0.25, -0.2) is 8.78 Å². The van der Waals surface area contributed by atoms with E-state index in [1.165, 1.54) is 11.1 Å². The van der Waals surface area contributed by atoms with Crippen LogP contribution in [0.3, 0.4) is 0 Å². The van der Waals surface area contributed by atoms with Crippen LogP contribution in [0, 0.1) is 11.6 Å². The Hall–Kier alpha value is -2.74. The summed E-state index contributed by atoms with van der Waals surface area (Å²) in [5, 5.41) is 0. The molecule has 3 aromatic rings. The highest BCUT2D eigenvalue weighted by atomic mass is 19.2. The molecular weight excluding hydrogens is 350 g/mol.